The fourth-order valence-electron chi connectivity index (χ4n) is 2.62. The molecule has 0 heterocycles. The van der Waals surface area contributed by atoms with Crippen molar-refractivity contribution in [2.75, 3.05) is 19.8 Å². The molecule has 0 bridgehead atoms. The Labute approximate surface area is 109 Å². The van der Waals surface area contributed by atoms with E-state index in [-0.39, 0.29) is 19.3 Å². The van der Waals surface area contributed by atoms with Gasteiger partial charge in [0.05, 0.1) is 6.61 Å². The molecule has 0 saturated heterocycles. The summed E-state index contributed by atoms with van der Waals surface area (Å²) in [5, 5.41) is 21.2. The predicted molar refractivity (Wildman–Crippen MR) is 72.8 cm³/mol. The zero-order valence-electron chi connectivity index (χ0n) is 10.9. The average molecular weight is 249 g/mol. The Hall–Kier alpha value is -0.900. The zero-order chi connectivity index (χ0) is 12.8. The van der Waals surface area contributed by atoms with Crippen molar-refractivity contribution in [2.24, 2.45) is 0 Å². The van der Waals surface area contributed by atoms with Crippen molar-refractivity contribution in [3.05, 3.63) is 34.9 Å². The van der Waals surface area contributed by atoms with E-state index in [0.29, 0.717) is 6.42 Å². The summed E-state index contributed by atoms with van der Waals surface area (Å²) in [4.78, 5) is 0. The van der Waals surface area contributed by atoms with E-state index in [2.05, 4.69) is 23.5 Å². The highest BCUT2D eigenvalue weighted by Crippen LogP contribution is 2.22. The van der Waals surface area contributed by atoms with Crippen molar-refractivity contribution in [3.63, 3.8) is 0 Å². The van der Waals surface area contributed by atoms with E-state index in [1.54, 1.807) is 0 Å². The molecule has 18 heavy (non-hydrogen) atoms. The van der Waals surface area contributed by atoms with Gasteiger partial charge in [0, 0.05) is 12.6 Å². The van der Waals surface area contributed by atoms with Crippen molar-refractivity contribution in [3.8, 4) is 0 Å². The van der Waals surface area contributed by atoms with Crippen LogP contribution in [0.25, 0.3) is 0 Å². The highest BCUT2D eigenvalue weighted by Gasteiger charge is 2.11. The molecule has 1 unspecified atom stereocenters. The Morgan fingerprint density at radius 1 is 1.17 bits per heavy atom. The quantitative estimate of drug-likeness (QED) is 0.677. The minimum Gasteiger partial charge on any atom is -0.396 e. The number of rotatable bonds is 7. The van der Waals surface area contributed by atoms with Gasteiger partial charge in [0.1, 0.15) is 0 Å². The molecule has 1 aromatic carbocycles. The lowest BCUT2D eigenvalue weighted by atomic mass is 10.0. The van der Waals surface area contributed by atoms with E-state index in [4.69, 9.17) is 10.2 Å². The van der Waals surface area contributed by atoms with Crippen LogP contribution in [-0.4, -0.2) is 36.0 Å². The molecule has 0 aliphatic heterocycles. The summed E-state index contributed by atoms with van der Waals surface area (Å²) >= 11 is 0. The molecular formula is C15H23NO2. The van der Waals surface area contributed by atoms with Crippen LogP contribution in [0.5, 0.6) is 0 Å². The first-order valence-electron chi connectivity index (χ1n) is 6.89. The van der Waals surface area contributed by atoms with Crippen LogP contribution in [0, 0.1) is 0 Å². The second kappa shape index (κ2) is 6.88. The van der Waals surface area contributed by atoms with Crippen LogP contribution in [0.3, 0.4) is 0 Å². The fraction of sp³-hybridized carbons (Fsp3) is 0.600. The molecule has 100 valence electrons. The highest BCUT2D eigenvalue weighted by atomic mass is 16.3. The Morgan fingerprint density at radius 2 is 2.00 bits per heavy atom. The maximum atomic E-state index is 9.11. The molecule has 3 nitrogen and oxygen atoms in total. The predicted octanol–water partition coefficient (Wildman–Crippen LogP) is 1.05. The van der Waals surface area contributed by atoms with Crippen LogP contribution >= 0.6 is 0 Å². The summed E-state index contributed by atoms with van der Waals surface area (Å²) in [6.45, 7) is 1.06. The number of aliphatic hydroxyl groups excluding tert-OH is 2. The Morgan fingerprint density at radius 3 is 2.78 bits per heavy atom. The Balaban J connectivity index is 1.79. The maximum absolute atomic E-state index is 9.11. The molecule has 0 saturated carbocycles. The minimum absolute atomic E-state index is 0.0180. The van der Waals surface area contributed by atoms with E-state index in [1.807, 2.05) is 0 Å². The molecule has 0 fully saturated rings. The van der Waals surface area contributed by atoms with Crippen molar-refractivity contribution in [1.82, 2.24) is 5.32 Å². The topological polar surface area (TPSA) is 52.5 Å². The molecule has 3 N–H and O–H groups in total. The standard InChI is InChI=1S/C15H23NO2/c17-9-7-15(11-18)16-8-6-12-4-5-13-2-1-3-14(13)10-12/h4-5,10,15-18H,1-3,6-9,11H2. The Bertz CT molecular complexity index is 379. The number of fused-ring (bicyclic) bond motifs is 1. The lowest BCUT2D eigenvalue weighted by molar-refractivity contribution is 0.201. The van der Waals surface area contributed by atoms with Crippen LogP contribution in [0.1, 0.15) is 29.5 Å². The molecule has 2 rings (SSSR count). The van der Waals surface area contributed by atoms with Crippen LogP contribution in [0.2, 0.25) is 0 Å². The van der Waals surface area contributed by atoms with Gasteiger partial charge in [-0.2, -0.15) is 0 Å². The van der Waals surface area contributed by atoms with Gasteiger partial charge in [-0.3, -0.25) is 0 Å². The molecule has 1 atom stereocenters. The van der Waals surface area contributed by atoms with Crippen molar-refractivity contribution < 1.29 is 10.2 Å². The summed E-state index contributed by atoms with van der Waals surface area (Å²) < 4.78 is 0. The molecule has 0 spiro atoms. The van der Waals surface area contributed by atoms with E-state index >= 15 is 0 Å². The van der Waals surface area contributed by atoms with Gasteiger partial charge in [-0.05, 0) is 55.3 Å². The van der Waals surface area contributed by atoms with Gasteiger partial charge in [-0.1, -0.05) is 18.2 Å². The average Bonchev–Trinajstić information content (AvgIpc) is 2.85. The SMILES string of the molecule is OCCC(CO)NCCc1ccc2c(c1)CCC2. The normalized spacial score (nSPS) is 15.7. The number of hydrogen-bond acceptors (Lipinski definition) is 3. The molecule has 0 amide bonds. The second-order valence-corrected chi connectivity index (χ2v) is 5.05. The van der Waals surface area contributed by atoms with Crippen LogP contribution < -0.4 is 5.32 Å². The molecule has 0 aromatic heterocycles. The van der Waals surface area contributed by atoms with Gasteiger partial charge in [-0.15, -0.1) is 0 Å². The molecular weight excluding hydrogens is 226 g/mol. The van der Waals surface area contributed by atoms with Crippen molar-refractivity contribution in [2.45, 2.75) is 38.1 Å². The van der Waals surface area contributed by atoms with E-state index in [9.17, 15) is 0 Å². The summed E-state index contributed by atoms with van der Waals surface area (Å²) in [5.74, 6) is 0. The largest absolute Gasteiger partial charge is 0.396 e. The maximum Gasteiger partial charge on any atom is 0.0585 e. The fourth-order valence-corrected chi connectivity index (χ4v) is 2.62. The first kappa shape index (κ1) is 13.5. The molecule has 3 heteroatoms. The summed E-state index contributed by atoms with van der Waals surface area (Å²) in [5.41, 5.74) is 4.39. The van der Waals surface area contributed by atoms with Gasteiger partial charge in [0.25, 0.3) is 0 Å². The van der Waals surface area contributed by atoms with Crippen LogP contribution in [0.4, 0.5) is 0 Å². The molecule has 1 aliphatic rings. The third-order valence-electron chi connectivity index (χ3n) is 3.71. The first-order valence-corrected chi connectivity index (χ1v) is 6.89. The van der Waals surface area contributed by atoms with Gasteiger partial charge in [-0.25, -0.2) is 0 Å². The van der Waals surface area contributed by atoms with E-state index in [1.165, 1.54) is 36.0 Å². The van der Waals surface area contributed by atoms with Gasteiger partial charge < -0.3 is 15.5 Å². The lowest BCUT2D eigenvalue weighted by Crippen LogP contribution is -2.34. The lowest BCUT2D eigenvalue weighted by Gasteiger charge is -2.15. The molecule has 1 aromatic rings. The van der Waals surface area contributed by atoms with Crippen LogP contribution in [-0.2, 0) is 19.3 Å². The molecule has 1 aliphatic carbocycles. The first-order chi connectivity index (χ1) is 8.83. The van der Waals surface area contributed by atoms with Gasteiger partial charge in [0.15, 0.2) is 0 Å². The Kier molecular flexibility index (Phi) is 5.17. The monoisotopic (exact) mass is 249 g/mol. The number of hydrogen-bond donors (Lipinski definition) is 3. The number of aliphatic hydroxyl groups is 2. The van der Waals surface area contributed by atoms with Gasteiger partial charge >= 0.3 is 0 Å². The van der Waals surface area contributed by atoms with Gasteiger partial charge in [0.2, 0.25) is 0 Å². The summed E-state index contributed by atoms with van der Waals surface area (Å²) in [6, 6.07) is 6.81. The third kappa shape index (κ3) is 3.55. The van der Waals surface area contributed by atoms with E-state index < -0.39 is 0 Å². The number of benzene rings is 1. The highest BCUT2D eigenvalue weighted by molar-refractivity contribution is 5.35. The van der Waals surface area contributed by atoms with Crippen LogP contribution in [0.15, 0.2) is 18.2 Å². The number of nitrogens with one attached hydrogen (secondary N) is 1. The zero-order valence-corrected chi connectivity index (χ0v) is 10.9. The minimum atomic E-state index is 0.0180. The van der Waals surface area contributed by atoms with E-state index in [0.717, 1.165) is 13.0 Å². The third-order valence-corrected chi connectivity index (χ3v) is 3.71. The van der Waals surface area contributed by atoms with Crippen molar-refractivity contribution >= 4 is 0 Å². The smallest absolute Gasteiger partial charge is 0.0585 e. The molecule has 0 radical (unpaired) electrons. The van der Waals surface area contributed by atoms with Crippen molar-refractivity contribution in [1.29, 1.82) is 0 Å². The summed E-state index contributed by atoms with van der Waals surface area (Å²) in [7, 11) is 0. The second-order valence-electron chi connectivity index (χ2n) is 5.05. The number of aryl methyl sites for hydroxylation is 2. The summed E-state index contributed by atoms with van der Waals surface area (Å²) in [6.07, 6.45) is 5.34.